The van der Waals surface area contributed by atoms with E-state index in [2.05, 4.69) is 67.5 Å². The summed E-state index contributed by atoms with van der Waals surface area (Å²) in [4.78, 5) is 22.5. The van der Waals surface area contributed by atoms with Crippen LogP contribution in [0.1, 0.15) is 62.4 Å². The summed E-state index contributed by atoms with van der Waals surface area (Å²) in [7, 11) is 4.26. The number of nitrogens with zero attached hydrogens (tertiary/aromatic N) is 1. The number of carboxylic acid groups (broad SMARTS) is 2. The third-order valence-corrected chi connectivity index (χ3v) is 4.99. The van der Waals surface area contributed by atoms with Crippen molar-refractivity contribution in [1.82, 2.24) is 0 Å². The summed E-state index contributed by atoms with van der Waals surface area (Å²) in [5.74, 6) is -2.39. The van der Waals surface area contributed by atoms with E-state index in [9.17, 15) is 9.59 Å². The monoisotopic (exact) mass is 377 g/mol. The van der Waals surface area contributed by atoms with Gasteiger partial charge < -0.3 is 15.1 Å². The average Bonchev–Trinajstić information content (AvgIpc) is 2.50. The van der Waals surface area contributed by atoms with Crippen molar-refractivity contribution in [1.29, 1.82) is 0 Å². The number of hydrogen-bond acceptors (Lipinski definition) is 3. The van der Waals surface area contributed by atoms with Gasteiger partial charge in [0.05, 0.1) is 0 Å². The van der Waals surface area contributed by atoms with Gasteiger partial charge in [-0.2, -0.15) is 0 Å². The molecule has 0 aromatic heterocycles. The van der Waals surface area contributed by atoms with Crippen molar-refractivity contribution in [3.8, 4) is 0 Å². The fraction of sp³-hybridized carbons (Fsp3) is 0.545. The molecular weight excluding hydrogens is 342 g/mol. The molecule has 0 spiro atoms. The number of hydrogen-bond donors (Lipinski definition) is 2. The first-order chi connectivity index (χ1) is 12.1. The molecule has 1 aromatic rings. The lowest BCUT2D eigenvalue weighted by atomic mass is 9.77. The van der Waals surface area contributed by atoms with Gasteiger partial charge in [0.25, 0.3) is 0 Å². The zero-order valence-electron chi connectivity index (χ0n) is 18.7. The molecule has 2 N–H and O–H groups in total. The van der Waals surface area contributed by atoms with E-state index in [1.54, 1.807) is 0 Å². The third kappa shape index (κ3) is 5.84. The number of carboxylic acids is 2. The quantitative estimate of drug-likeness (QED) is 0.742. The molecule has 0 fully saturated rings. The SMILES string of the molecule is C/C(C(=O)O)=C(\C)C(=O)O.Cc1c(C)c(C(C)(C)C)c(C)c(C)c1N(C)C. The second kappa shape index (κ2) is 9.07. The molecule has 0 atom stereocenters. The molecule has 1 aromatic carbocycles. The molecule has 1 rings (SSSR count). The van der Waals surface area contributed by atoms with Gasteiger partial charge in [0.2, 0.25) is 0 Å². The first kappa shape index (κ1) is 24.7. The lowest BCUT2D eigenvalue weighted by Gasteiger charge is -2.31. The van der Waals surface area contributed by atoms with Gasteiger partial charge in [0.15, 0.2) is 0 Å². The van der Waals surface area contributed by atoms with Crippen LogP contribution in [0.3, 0.4) is 0 Å². The molecule has 0 unspecified atom stereocenters. The highest BCUT2D eigenvalue weighted by molar-refractivity contribution is 5.97. The van der Waals surface area contributed by atoms with Gasteiger partial charge in [-0.1, -0.05) is 20.8 Å². The summed E-state index contributed by atoms with van der Waals surface area (Å²) >= 11 is 0. The molecule has 5 nitrogen and oxygen atoms in total. The van der Waals surface area contributed by atoms with Crippen molar-refractivity contribution in [2.75, 3.05) is 19.0 Å². The van der Waals surface area contributed by atoms with E-state index >= 15 is 0 Å². The summed E-state index contributed by atoms with van der Waals surface area (Å²) < 4.78 is 0. The van der Waals surface area contributed by atoms with E-state index in [1.807, 2.05) is 0 Å². The van der Waals surface area contributed by atoms with Crippen LogP contribution >= 0.6 is 0 Å². The van der Waals surface area contributed by atoms with Crippen molar-refractivity contribution in [3.63, 3.8) is 0 Å². The molecule has 27 heavy (non-hydrogen) atoms. The largest absolute Gasteiger partial charge is 0.478 e. The fourth-order valence-electron chi connectivity index (χ4n) is 3.41. The Bertz CT molecular complexity index is 714. The lowest BCUT2D eigenvalue weighted by Crippen LogP contribution is -2.20. The van der Waals surface area contributed by atoms with Gasteiger partial charge in [0.1, 0.15) is 0 Å². The van der Waals surface area contributed by atoms with Gasteiger partial charge in [-0.25, -0.2) is 9.59 Å². The predicted octanol–water partition coefficient (Wildman–Crippen LogP) is 4.78. The van der Waals surface area contributed by atoms with E-state index in [1.165, 1.54) is 47.4 Å². The maximum absolute atomic E-state index is 10.1. The number of rotatable bonds is 3. The summed E-state index contributed by atoms with van der Waals surface area (Å²) in [5, 5.41) is 16.6. The Balaban J connectivity index is 0.000000580. The Hall–Kier alpha value is -2.30. The first-order valence-corrected chi connectivity index (χ1v) is 8.97. The summed E-state index contributed by atoms with van der Waals surface area (Å²) in [5.41, 5.74) is 8.58. The van der Waals surface area contributed by atoms with Crippen LogP contribution in [0.25, 0.3) is 0 Å². The Morgan fingerprint density at radius 3 is 1.22 bits per heavy atom. The molecule has 0 saturated heterocycles. The van der Waals surface area contributed by atoms with Crippen molar-refractivity contribution >= 4 is 17.6 Å². The van der Waals surface area contributed by atoms with Crippen LogP contribution in [0.4, 0.5) is 5.69 Å². The predicted molar refractivity (Wildman–Crippen MR) is 112 cm³/mol. The highest BCUT2D eigenvalue weighted by Crippen LogP contribution is 2.38. The van der Waals surface area contributed by atoms with Crippen LogP contribution in [0.15, 0.2) is 11.1 Å². The minimum atomic E-state index is -1.19. The van der Waals surface area contributed by atoms with E-state index in [4.69, 9.17) is 10.2 Å². The Kier molecular flexibility index (Phi) is 8.29. The smallest absolute Gasteiger partial charge is 0.331 e. The van der Waals surface area contributed by atoms with Gasteiger partial charge in [-0.3, -0.25) is 0 Å². The average molecular weight is 378 g/mol. The van der Waals surface area contributed by atoms with Crippen molar-refractivity contribution < 1.29 is 19.8 Å². The fourth-order valence-corrected chi connectivity index (χ4v) is 3.41. The van der Waals surface area contributed by atoms with Crippen molar-refractivity contribution in [3.05, 3.63) is 39.0 Å². The Morgan fingerprint density at radius 2 is 1.04 bits per heavy atom. The summed E-state index contributed by atoms with van der Waals surface area (Å²) in [6.45, 7) is 18.4. The number of anilines is 1. The van der Waals surface area contributed by atoms with Gasteiger partial charge in [-0.15, -0.1) is 0 Å². The van der Waals surface area contributed by atoms with Crippen LogP contribution in [-0.4, -0.2) is 36.2 Å². The van der Waals surface area contributed by atoms with Crippen LogP contribution in [0.5, 0.6) is 0 Å². The maximum Gasteiger partial charge on any atom is 0.331 e. The van der Waals surface area contributed by atoms with Crippen LogP contribution in [-0.2, 0) is 15.0 Å². The molecule has 152 valence electrons. The molecule has 0 aliphatic heterocycles. The molecule has 0 bridgehead atoms. The molecule has 0 heterocycles. The Labute approximate surface area is 163 Å². The zero-order chi connectivity index (χ0) is 21.9. The minimum absolute atomic E-state index is 0.132. The minimum Gasteiger partial charge on any atom is -0.478 e. The molecular formula is C22H35NO4. The summed E-state index contributed by atoms with van der Waals surface area (Å²) in [6, 6.07) is 0. The molecule has 0 aliphatic rings. The van der Waals surface area contributed by atoms with Crippen molar-refractivity contribution in [2.45, 2.75) is 67.7 Å². The highest BCUT2D eigenvalue weighted by Gasteiger charge is 2.23. The van der Waals surface area contributed by atoms with E-state index in [0.717, 1.165) is 0 Å². The van der Waals surface area contributed by atoms with Crippen molar-refractivity contribution in [2.24, 2.45) is 0 Å². The highest BCUT2D eigenvalue weighted by atomic mass is 16.4. The lowest BCUT2D eigenvalue weighted by molar-refractivity contribution is -0.135. The molecule has 0 aliphatic carbocycles. The molecule has 5 heteroatoms. The van der Waals surface area contributed by atoms with E-state index in [0.29, 0.717) is 0 Å². The normalized spacial score (nSPS) is 12.0. The van der Waals surface area contributed by atoms with Gasteiger partial charge in [0, 0.05) is 30.9 Å². The molecule has 0 amide bonds. The van der Waals surface area contributed by atoms with Gasteiger partial charge in [-0.05, 0) is 74.8 Å². The number of aliphatic carboxylic acids is 2. The zero-order valence-corrected chi connectivity index (χ0v) is 18.7. The second-order valence-corrected chi connectivity index (χ2v) is 8.23. The van der Waals surface area contributed by atoms with E-state index < -0.39 is 11.9 Å². The van der Waals surface area contributed by atoms with E-state index in [-0.39, 0.29) is 16.6 Å². The summed E-state index contributed by atoms with van der Waals surface area (Å²) in [6.07, 6.45) is 0. The molecule has 0 saturated carbocycles. The standard InChI is InChI=1S/C16H27N.C6H8O4/c1-10-12(3)15(17(8)9)13(4)11(2)14(10)16(5,6)7;1-3(5(7)8)4(2)6(9)10/h1-9H3;1-2H3,(H,7,8)(H,9,10)/b;4-3-. The topological polar surface area (TPSA) is 77.8 Å². The number of carbonyl (C=O) groups is 2. The second-order valence-electron chi connectivity index (χ2n) is 8.23. The van der Waals surface area contributed by atoms with Crippen LogP contribution in [0.2, 0.25) is 0 Å². The van der Waals surface area contributed by atoms with Gasteiger partial charge >= 0.3 is 11.9 Å². The molecule has 0 radical (unpaired) electrons. The van der Waals surface area contributed by atoms with Crippen LogP contribution in [0, 0.1) is 27.7 Å². The first-order valence-electron chi connectivity index (χ1n) is 8.97. The third-order valence-electron chi connectivity index (χ3n) is 4.99. The van der Waals surface area contributed by atoms with Crippen LogP contribution < -0.4 is 4.90 Å². The number of benzene rings is 1. The Morgan fingerprint density at radius 1 is 0.741 bits per heavy atom. The maximum atomic E-state index is 10.1.